The Bertz CT molecular complexity index is 573. The Labute approximate surface area is 169 Å². The maximum Gasteiger partial charge on any atom is 0.362 e. The van der Waals surface area contributed by atoms with E-state index in [1.807, 2.05) is 0 Å². The molecule has 0 spiro atoms. The van der Waals surface area contributed by atoms with Gasteiger partial charge in [-0.15, -0.1) is 0 Å². The van der Waals surface area contributed by atoms with Gasteiger partial charge in [-0.1, -0.05) is 45.4 Å². The predicted octanol–water partition coefficient (Wildman–Crippen LogP) is -0.208. The molecule has 3 unspecified atom stereocenters. The predicted molar refractivity (Wildman–Crippen MR) is 97.5 cm³/mol. The number of ether oxygens (including phenoxy) is 3. The molecule has 0 aromatic heterocycles. The van der Waals surface area contributed by atoms with E-state index >= 15 is 0 Å². The highest BCUT2D eigenvalue weighted by atomic mass is 16.7. The highest BCUT2D eigenvalue weighted by molar-refractivity contribution is 6.09. The summed E-state index contributed by atoms with van der Waals surface area (Å²) in [5.74, 6) is -5.03. The Morgan fingerprint density at radius 3 is 1.97 bits per heavy atom. The van der Waals surface area contributed by atoms with Crippen LogP contribution in [0.1, 0.15) is 58.3 Å². The van der Waals surface area contributed by atoms with Gasteiger partial charge >= 0.3 is 17.9 Å². The van der Waals surface area contributed by atoms with E-state index in [0.29, 0.717) is 12.8 Å². The normalized spacial score (nSPS) is 25.3. The number of hydrogen-bond acceptors (Lipinski definition) is 10. The summed E-state index contributed by atoms with van der Waals surface area (Å²) in [6.45, 7) is -1.07. The van der Waals surface area contributed by atoms with Crippen LogP contribution in [0.3, 0.4) is 0 Å². The van der Waals surface area contributed by atoms with E-state index in [0.717, 1.165) is 32.1 Å². The number of esters is 3. The smallest absolute Gasteiger partial charge is 0.362 e. The van der Waals surface area contributed by atoms with Crippen molar-refractivity contribution < 1.29 is 48.7 Å². The average Bonchev–Trinajstić information content (AvgIpc) is 2.75. The van der Waals surface area contributed by atoms with E-state index in [1.165, 1.54) is 0 Å². The third-order valence-electron chi connectivity index (χ3n) is 4.65. The molecule has 10 heteroatoms. The molecule has 0 aromatic rings. The van der Waals surface area contributed by atoms with E-state index in [1.54, 1.807) is 0 Å². The van der Waals surface area contributed by atoms with Gasteiger partial charge in [0.25, 0.3) is 5.60 Å². The molecule has 0 bridgehead atoms. The Balaban J connectivity index is 2.91. The second kappa shape index (κ2) is 12.5. The molecule has 0 aliphatic carbocycles. The van der Waals surface area contributed by atoms with E-state index in [9.17, 15) is 34.5 Å². The molecule has 1 heterocycles. The molecule has 3 N–H and O–H groups in total. The minimum Gasteiger partial charge on any atom is -0.445 e. The lowest BCUT2D eigenvalue weighted by Gasteiger charge is -2.28. The van der Waals surface area contributed by atoms with Crippen molar-refractivity contribution in [1.82, 2.24) is 0 Å². The number of rotatable bonds is 12. The molecular formula is C19H30O10. The molecule has 166 valence electrons. The molecule has 0 amide bonds. The molecule has 1 fully saturated rings. The van der Waals surface area contributed by atoms with Crippen LogP contribution >= 0.6 is 0 Å². The number of hydrogen-bond donors (Lipinski definition) is 3. The molecule has 0 saturated carbocycles. The van der Waals surface area contributed by atoms with Gasteiger partial charge in [0.1, 0.15) is 6.61 Å². The van der Waals surface area contributed by atoms with Crippen molar-refractivity contribution in [2.24, 2.45) is 0 Å². The standard InChI is InChI=1S/C19H30O10/c1-2-3-4-5-6-7-8-9-15(23)19(12-22)18(26)28-13(10-20)16(24)27-14(11-21)17(25)29-19/h13-14,20-22H,2-12H2,1H3. The number of unbranched alkanes of at least 4 members (excludes halogenated alkanes) is 6. The summed E-state index contributed by atoms with van der Waals surface area (Å²) in [7, 11) is 0. The van der Waals surface area contributed by atoms with Gasteiger partial charge in [0.15, 0.2) is 5.78 Å². The summed E-state index contributed by atoms with van der Waals surface area (Å²) >= 11 is 0. The molecule has 1 aliphatic heterocycles. The van der Waals surface area contributed by atoms with Gasteiger partial charge in [0.2, 0.25) is 12.2 Å². The first kappa shape index (κ1) is 25.0. The first-order valence-corrected chi connectivity index (χ1v) is 9.86. The second-order valence-electron chi connectivity index (χ2n) is 6.89. The van der Waals surface area contributed by atoms with Crippen LogP contribution in [0.4, 0.5) is 0 Å². The van der Waals surface area contributed by atoms with Gasteiger partial charge in [-0.25, -0.2) is 14.4 Å². The second-order valence-corrected chi connectivity index (χ2v) is 6.89. The number of aliphatic hydroxyl groups excluding tert-OH is 3. The first-order valence-electron chi connectivity index (χ1n) is 9.86. The zero-order chi connectivity index (χ0) is 21.9. The van der Waals surface area contributed by atoms with Gasteiger partial charge < -0.3 is 29.5 Å². The lowest BCUT2D eigenvalue weighted by Crippen LogP contribution is -2.56. The van der Waals surface area contributed by atoms with E-state index < -0.39 is 61.3 Å². The Morgan fingerprint density at radius 1 is 0.862 bits per heavy atom. The summed E-state index contributed by atoms with van der Waals surface area (Å²) in [6.07, 6.45) is 2.53. The Morgan fingerprint density at radius 2 is 1.41 bits per heavy atom. The fraction of sp³-hybridized carbons (Fsp3) is 0.789. The van der Waals surface area contributed by atoms with Crippen molar-refractivity contribution in [2.75, 3.05) is 19.8 Å². The van der Waals surface area contributed by atoms with Crippen molar-refractivity contribution in [1.29, 1.82) is 0 Å². The van der Waals surface area contributed by atoms with Crippen LogP contribution < -0.4 is 0 Å². The molecule has 29 heavy (non-hydrogen) atoms. The summed E-state index contributed by atoms with van der Waals surface area (Å²) < 4.78 is 14.3. The van der Waals surface area contributed by atoms with Crippen molar-refractivity contribution in [3.63, 3.8) is 0 Å². The summed E-state index contributed by atoms with van der Waals surface area (Å²) in [5, 5.41) is 28.2. The number of cyclic esters (lactones) is 3. The Kier molecular flexibility index (Phi) is 10.8. The van der Waals surface area contributed by atoms with Crippen LogP contribution in [0.2, 0.25) is 0 Å². The molecule has 1 saturated heterocycles. The van der Waals surface area contributed by atoms with Crippen molar-refractivity contribution in [2.45, 2.75) is 76.1 Å². The number of Topliss-reactive ketones (excluding diaryl/α,β-unsaturated/α-hetero) is 1. The van der Waals surface area contributed by atoms with Crippen LogP contribution in [0, 0.1) is 0 Å². The van der Waals surface area contributed by atoms with Gasteiger partial charge in [-0.3, -0.25) is 4.79 Å². The number of aliphatic hydroxyl groups is 3. The topological polar surface area (TPSA) is 157 Å². The third-order valence-corrected chi connectivity index (χ3v) is 4.65. The van der Waals surface area contributed by atoms with Gasteiger partial charge in [-0.05, 0) is 6.42 Å². The van der Waals surface area contributed by atoms with Crippen molar-refractivity contribution in [3.05, 3.63) is 0 Å². The van der Waals surface area contributed by atoms with Crippen LogP contribution in [-0.4, -0.2) is 76.6 Å². The molecule has 1 aliphatic rings. The zero-order valence-corrected chi connectivity index (χ0v) is 16.6. The van der Waals surface area contributed by atoms with Crippen molar-refractivity contribution >= 4 is 23.7 Å². The van der Waals surface area contributed by atoms with Gasteiger partial charge in [0.05, 0.1) is 13.2 Å². The van der Waals surface area contributed by atoms with E-state index in [2.05, 4.69) is 11.7 Å². The summed E-state index contributed by atoms with van der Waals surface area (Å²) in [6, 6.07) is 0. The SMILES string of the molecule is CCCCCCCCCC(=O)C1(CO)OC(=O)C(CO)OC(=O)C(CO)OC1=O. The maximum atomic E-state index is 12.7. The van der Waals surface area contributed by atoms with E-state index in [4.69, 9.17) is 9.47 Å². The van der Waals surface area contributed by atoms with Crippen molar-refractivity contribution in [3.8, 4) is 0 Å². The quantitative estimate of drug-likeness (QED) is 0.168. The lowest BCUT2D eigenvalue weighted by atomic mass is 9.94. The minimum absolute atomic E-state index is 0.168. The third kappa shape index (κ3) is 6.76. The zero-order valence-electron chi connectivity index (χ0n) is 16.6. The minimum atomic E-state index is -2.69. The summed E-state index contributed by atoms with van der Waals surface area (Å²) in [4.78, 5) is 49.3. The fourth-order valence-electron chi connectivity index (χ4n) is 2.84. The number of carbonyl (C=O) groups excluding carboxylic acids is 4. The van der Waals surface area contributed by atoms with Gasteiger partial charge in [-0.2, -0.15) is 0 Å². The highest BCUT2D eigenvalue weighted by Gasteiger charge is 2.53. The number of ketones is 1. The molecule has 0 radical (unpaired) electrons. The Hall–Kier alpha value is -2.04. The lowest BCUT2D eigenvalue weighted by molar-refractivity contribution is -0.194. The van der Waals surface area contributed by atoms with E-state index in [-0.39, 0.29) is 6.42 Å². The molecule has 1 rings (SSSR count). The molecule has 3 atom stereocenters. The van der Waals surface area contributed by atoms with Crippen LogP contribution in [0.25, 0.3) is 0 Å². The number of carbonyl (C=O) groups is 4. The fourth-order valence-corrected chi connectivity index (χ4v) is 2.84. The van der Waals surface area contributed by atoms with Crippen LogP contribution in [0.15, 0.2) is 0 Å². The first-order chi connectivity index (χ1) is 13.9. The largest absolute Gasteiger partial charge is 0.445 e. The van der Waals surface area contributed by atoms with Gasteiger partial charge in [0, 0.05) is 6.42 Å². The monoisotopic (exact) mass is 418 g/mol. The average molecular weight is 418 g/mol. The summed E-state index contributed by atoms with van der Waals surface area (Å²) in [5.41, 5.74) is -2.69. The molecule has 10 nitrogen and oxygen atoms in total. The van der Waals surface area contributed by atoms with Crippen LogP contribution in [0.5, 0.6) is 0 Å². The molecular weight excluding hydrogens is 388 g/mol. The maximum absolute atomic E-state index is 12.7. The highest BCUT2D eigenvalue weighted by Crippen LogP contribution is 2.23. The van der Waals surface area contributed by atoms with Crippen LogP contribution in [-0.2, 0) is 33.4 Å². The molecule has 0 aromatic carbocycles.